The van der Waals surface area contributed by atoms with E-state index in [1.165, 1.54) is 28.6 Å². The number of nitrogens with one attached hydrogen (secondary N) is 1. The SMILES string of the molecule is CSc1nc(NC[C@@H]2CCCO2)c2sc3nc(C(C)C)c4c(c3c2n1)CCC4. The number of pyridine rings is 1. The molecule has 0 unspecified atom stereocenters. The molecule has 1 atom stereocenters. The maximum Gasteiger partial charge on any atom is 0.189 e. The van der Waals surface area contributed by atoms with Gasteiger partial charge in [0.25, 0.3) is 0 Å². The van der Waals surface area contributed by atoms with Crippen LogP contribution in [-0.2, 0) is 17.6 Å². The fourth-order valence-corrected chi connectivity index (χ4v) is 5.96. The highest BCUT2D eigenvalue weighted by Gasteiger charge is 2.26. The Bertz CT molecular complexity index is 1040. The lowest BCUT2D eigenvalue weighted by atomic mass is 9.99. The molecule has 2 aliphatic rings. The highest BCUT2D eigenvalue weighted by atomic mass is 32.2. The molecule has 4 heterocycles. The Morgan fingerprint density at radius 3 is 2.79 bits per heavy atom. The lowest BCUT2D eigenvalue weighted by Crippen LogP contribution is -2.19. The zero-order chi connectivity index (χ0) is 19.3. The van der Waals surface area contributed by atoms with Gasteiger partial charge in [0.05, 0.1) is 16.3 Å². The highest BCUT2D eigenvalue weighted by Crippen LogP contribution is 2.43. The molecule has 3 aromatic rings. The van der Waals surface area contributed by atoms with Crippen molar-refractivity contribution in [2.75, 3.05) is 24.7 Å². The first-order valence-corrected chi connectivity index (χ1v) is 12.2. The second-order valence-electron chi connectivity index (χ2n) is 8.00. The van der Waals surface area contributed by atoms with Crippen molar-refractivity contribution in [2.45, 2.75) is 63.1 Å². The van der Waals surface area contributed by atoms with Crippen molar-refractivity contribution in [1.82, 2.24) is 15.0 Å². The van der Waals surface area contributed by atoms with Crippen LogP contribution in [0.1, 0.15) is 55.8 Å². The molecule has 5 rings (SSSR count). The number of fused-ring (bicyclic) bond motifs is 5. The summed E-state index contributed by atoms with van der Waals surface area (Å²) in [5.41, 5.74) is 5.31. The van der Waals surface area contributed by atoms with Crippen LogP contribution in [0.3, 0.4) is 0 Å². The number of nitrogens with zero attached hydrogens (tertiary/aromatic N) is 3. The van der Waals surface area contributed by atoms with Gasteiger partial charge in [0.1, 0.15) is 10.6 Å². The van der Waals surface area contributed by atoms with Gasteiger partial charge in [-0.05, 0) is 55.4 Å². The Kier molecular flexibility index (Phi) is 4.93. The molecule has 148 valence electrons. The minimum absolute atomic E-state index is 0.284. The summed E-state index contributed by atoms with van der Waals surface area (Å²) in [6.45, 7) is 6.18. The third-order valence-corrected chi connectivity index (χ3v) is 7.42. The van der Waals surface area contributed by atoms with E-state index in [9.17, 15) is 0 Å². The van der Waals surface area contributed by atoms with Crippen molar-refractivity contribution < 1.29 is 4.74 Å². The molecule has 1 N–H and O–H groups in total. The normalized spacial score (nSPS) is 19.2. The Hall–Kier alpha value is -1.44. The first kappa shape index (κ1) is 18.6. The maximum absolute atomic E-state index is 5.78. The summed E-state index contributed by atoms with van der Waals surface area (Å²) >= 11 is 3.34. The van der Waals surface area contributed by atoms with E-state index < -0.39 is 0 Å². The van der Waals surface area contributed by atoms with Crippen LogP contribution in [0.25, 0.3) is 20.4 Å². The van der Waals surface area contributed by atoms with E-state index in [0.717, 1.165) is 64.9 Å². The van der Waals surface area contributed by atoms with E-state index in [0.29, 0.717) is 5.92 Å². The zero-order valence-corrected chi connectivity index (χ0v) is 18.3. The standard InChI is InChI=1S/C21H26N4OS2/c1-11(2)16-14-8-4-7-13(14)15-17-18(28-20(15)23-16)19(25-21(24-17)27-3)22-10-12-6-5-9-26-12/h11-12H,4-10H2,1-3H3,(H,22,24,25)/t12-/m0/s1. The topological polar surface area (TPSA) is 59.9 Å². The average Bonchev–Trinajstić information content (AvgIpc) is 3.43. The summed E-state index contributed by atoms with van der Waals surface area (Å²) in [5.74, 6) is 1.39. The molecule has 0 saturated carbocycles. The van der Waals surface area contributed by atoms with Crippen LogP contribution in [0.4, 0.5) is 5.82 Å². The number of aromatic nitrogens is 3. The van der Waals surface area contributed by atoms with Crippen LogP contribution >= 0.6 is 23.1 Å². The van der Waals surface area contributed by atoms with Crippen molar-refractivity contribution in [3.63, 3.8) is 0 Å². The molecule has 0 spiro atoms. The highest BCUT2D eigenvalue weighted by molar-refractivity contribution is 7.98. The Morgan fingerprint density at radius 2 is 2.04 bits per heavy atom. The van der Waals surface area contributed by atoms with Crippen LogP contribution in [0.5, 0.6) is 0 Å². The summed E-state index contributed by atoms with van der Waals surface area (Å²) in [7, 11) is 0. The molecule has 5 nitrogen and oxygen atoms in total. The van der Waals surface area contributed by atoms with E-state index in [4.69, 9.17) is 19.7 Å². The van der Waals surface area contributed by atoms with Gasteiger partial charge in [0, 0.05) is 24.2 Å². The minimum atomic E-state index is 0.284. The average molecular weight is 415 g/mol. The second-order valence-corrected chi connectivity index (χ2v) is 9.77. The van der Waals surface area contributed by atoms with Gasteiger partial charge < -0.3 is 10.1 Å². The molecule has 3 aromatic heterocycles. The number of ether oxygens (including phenoxy) is 1. The largest absolute Gasteiger partial charge is 0.376 e. The molecule has 7 heteroatoms. The van der Waals surface area contributed by atoms with Crippen molar-refractivity contribution in [2.24, 2.45) is 0 Å². The zero-order valence-electron chi connectivity index (χ0n) is 16.7. The van der Waals surface area contributed by atoms with Gasteiger partial charge in [-0.3, -0.25) is 0 Å². The number of anilines is 1. The summed E-state index contributed by atoms with van der Waals surface area (Å²) in [5, 5.41) is 5.66. The van der Waals surface area contributed by atoms with E-state index in [2.05, 4.69) is 19.2 Å². The Balaban J connectivity index is 1.68. The van der Waals surface area contributed by atoms with Gasteiger partial charge >= 0.3 is 0 Å². The van der Waals surface area contributed by atoms with E-state index >= 15 is 0 Å². The lowest BCUT2D eigenvalue weighted by molar-refractivity contribution is 0.120. The minimum Gasteiger partial charge on any atom is -0.376 e. The molecule has 28 heavy (non-hydrogen) atoms. The summed E-state index contributed by atoms with van der Waals surface area (Å²) in [4.78, 5) is 15.9. The Labute approximate surface area is 173 Å². The quantitative estimate of drug-likeness (QED) is 0.459. The van der Waals surface area contributed by atoms with E-state index in [-0.39, 0.29) is 6.10 Å². The molecule has 0 aromatic carbocycles. The fourth-order valence-electron chi connectivity index (χ4n) is 4.48. The van der Waals surface area contributed by atoms with Crippen molar-refractivity contribution >= 4 is 49.3 Å². The number of hydrogen-bond donors (Lipinski definition) is 1. The van der Waals surface area contributed by atoms with Crippen LogP contribution in [0.15, 0.2) is 5.16 Å². The van der Waals surface area contributed by atoms with Crippen molar-refractivity contribution in [1.29, 1.82) is 0 Å². The van der Waals surface area contributed by atoms with Gasteiger partial charge in [0.15, 0.2) is 5.16 Å². The molecule has 1 fully saturated rings. The number of hydrogen-bond acceptors (Lipinski definition) is 7. The van der Waals surface area contributed by atoms with Crippen LogP contribution in [-0.4, -0.2) is 40.5 Å². The molecule has 0 bridgehead atoms. The van der Waals surface area contributed by atoms with Crippen molar-refractivity contribution in [3.05, 3.63) is 16.8 Å². The number of thiophene rings is 1. The maximum atomic E-state index is 5.78. The van der Waals surface area contributed by atoms with Crippen molar-refractivity contribution in [3.8, 4) is 0 Å². The van der Waals surface area contributed by atoms with Gasteiger partial charge in [-0.2, -0.15) is 0 Å². The predicted octanol–water partition coefficient (Wildman–Crippen LogP) is 5.16. The molecule has 0 radical (unpaired) electrons. The van der Waals surface area contributed by atoms with Gasteiger partial charge in [-0.15, -0.1) is 11.3 Å². The third kappa shape index (κ3) is 3.08. The third-order valence-electron chi connectivity index (χ3n) is 5.80. The van der Waals surface area contributed by atoms with Gasteiger partial charge in [0.2, 0.25) is 0 Å². The lowest BCUT2D eigenvalue weighted by Gasteiger charge is -2.13. The molecular formula is C21H26N4OS2. The summed E-state index contributed by atoms with van der Waals surface area (Å²) in [6, 6.07) is 0. The van der Waals surface area contributed by atoms with Gasteiger partial charge in [-0.1, -0.05) is 25.6 Å². The Morgan fingerprint density at radius 1 is 1.18 bits per heavy atom. The van der Waals surface area contributed by atoms with E-state index in [1.807, 2.05) is 6.26 Å². The molecule has 1 saturated heterocycles. The number of thioether (sulfide) groups is 1. The number of aryl methyl sites for hydroxylation is 1. The first-order valence-electron chi connectivity index (χ1n) is 10.2. The molecule has 1 aliphatic heterocycles. The first-order chi connectivity index (χ1) is 13.7. The monoisotopic (exact) mass is 414 g/mol. The van der Waals surface area contributed by atoms with Crippen LogP contribution in [0, 0.1) is 0 Å². The molecule has 1 aliphatic carbocycles. The summed E-state index contributed by atoms with van der Waals surface area (Å²) < 4.78 is 6.92. The fraction of sp³-hybridized carbons (Fsp3) is 0.571. The number of rotatable bonds is 5. The van der Waals surface area contributed by atoms with Crippen LogP contribution < -0.4 is 5.32 Å². The smallest absolute Gasteiger partial charge is 0.189 e. The molecule has 0 amide bonds. The van der Waals surface area contributed by atoms with Gasteiger partial charge in [-0.25, -0.2) is 15.0 Å². The second kappa shape index (κ2) is 7.43. The van der Waals surface area contributed by atoms with Crippen LogP contribution in [0.2, 0.25) is 0 Å². The summed E-state index contributed by atoms with van der Waals surface area (Å²) in [6.07, 6.45) is 8.10. The predicted molar refractivity (Wildman–Crippen MR) is 118 cm³/mol. The van der Waals surface area contributed by atoms with E-state index in [1.54, 1.807) is 23.1 Å². The molecular weight excluding hydrogens is 388 g/mol.